The second-order valence-electron chi connectivity index (χ2n) is 5.57. The van der Waals surface area contributed by atoms with Gasteiger partial charge < -0.3 is 9.15 Å². The lowest BCUT2D eigenvalue weighted by Gasteiger charge is -2.15. The van der Waals surface area contributed by atoms with Gasteiger partial charge in [-0.25, -0.2) is 0 Å². The van der Waals surface area contributed by atoms with Crippen molar-refractivity contribution in [3.8, 4) is 17.3 Å². The van der Waals surface area contributed by atoms with Crippen LogP contribution in [0.3, 0.4) is 0 Å². The molecular weight excluding hydrogens is 338 g/mol. The molecule has 4 aromatic rings. The predicted molar refractivity (Wildman–Crippen MR) is 94.4 cm³/mol. The molecular formula is C18H11N3O3S. The van der Waals surface area contributed by atoms with Crippen LogP contribution in [0.2, 0.25) is 0 Å². The lowest BCUT2D eigenvalue weighted by molar-refractivity contribution is 0.352. The number of para-hydroxylation sites is 1. The number of hydrogen-bond donors (Lipinski definition) is 0. The molecule has 0 radical (unpaired) electrons. The Morgan fingerprint density at radius 2 is 2.12 bits per heavy atom. The molecule has 0 aliphatic carbocycles. The molecule has 1 aliphatic rings. The third kappa shape index (κ3) is 2.36. The quantitative estimate of drug-likeness (QED) is 0.556. The van der Waals surface area contributed by atoms with Gasteiger partial charge in [0.05, 0.1) is 10.8 Å². The Balaban J connectivity index is 1.59. The van der Waals surface area contributed by atoms with Gasteiger partial charge in [-0.05, 0) is 35.9 Å². The fourth-order valence-corrected chi connectivity index (χ4v) is 3.65. The Labute approximate surface area is 145 Å². The summed E-state index contributed by atoms with van der Waals surface area (Å²) in [5, 5.41) is 4.24. The fraction of sp³-hybridized carbons (Fsp3) is 0.0556. The molecule has 0 bridgehead atoms. The Morgan fingerprint density at radius 1 is 1.20 bits per heavy atom. The molecule has 6 nitrogen and oxygen atoms in total. The zero-order valence-corrected chi connectivity index (χ0v) is 13.7. The van der Waals surface area contributed by atoms with Crippen molar-refractivity contribution in [1.82, 2.24) is 14.6 Å². The van der Waals surface area contributed by atoms with E-state index in [4.69, 9.17) is 9.15 Å². The number of hydrogen-bond acceptors (Lipinski definition) is 6. The summed E-state index contributed by atoms with van der Waals surface area (Å²) < 4.78 is 12.9. The van der Waals surface area contributed by atoms with Crippen LogP contribution in [0.15, 0.2) is 57.4 Å². The molecule has 1 aliphatic heterocycles. The van der Waals surface area contributed by atoms with Gasteiger partial charge in [0.1, 0.15) is 12.4 Å². The average Bonchev–Trinajstić information content (AvgIpc) is 3.34. The molecule has 0 N–H and O–H groups in total. The van der Waals surface area contributed by atoms with E-state index >= 15 is 0 Å². The molecule has 0 saturated carbocycles. The summed E-state index contributed by atoms with van der Waals surface area (Å²) in [6.07, 6.45) is 5.42. The van der Waals surface area contributed by atoms with Crippen LogP contribution in [0.5, 0.6) is 5.75 Å². The molecule has 4 heterocycles. The van der Waals surface area contributed by atoms with Gasteiger partial charge in [0.15, 0.2) is 5.76 Å². The van der Waals surface area contributed by atoms with Crippen LogP contribution in [-0.2, 0) is 0 Å². The van der Waals surface area contributed by atoms with E-state index < -0.39 is 0 Å². The molecule has 0 unspecified atom stereocenters. The van der Waals surface area contributed by atoms with Crippen molar-refractivity contribution >= 4 is 28.4 Å². The van der Waals surface area contributed by atoms with Crippen molar-refractivity contribution in [2.45, 2.75) is 0 Å². The smallest absolute Gasteiger partial charge is 0.291 e. The summed E-state index contributed by atoms with van der Waals surface area (Å²) >= 11 is 1.30. The zero-order chi connectivity index (χ0) is 16.8. The normalized spacial score (nSPS) is 14.4. The third-order valence-electron chi connectivity index (χ3n) is 3.89. The van der Waals surface area contributed by atoms with E-state index in [1.807, 2.05) is 36.4 Å². The van der Waals surface area contributed by atoms with Crippen LogP contribution in [0.1, 0.15) is 5.56 Å². The van der Waals surface area contributed by atoms with Gasteiger partial charge in [-0.1, -0.05) is 29.5 Å². The minimum Gasteiger partial charge on any atom is -0.488 e. The molecule has 7 heteroatoms. The van der Waals surface area contributed by atoms with Crippen molar-refractivity contribution < 1.29 is 9.15 Å². The predicted octanol–water partition coefficient (Wildman–Crippen LogP) is 2.39. The van der Waals surface area contributed by atoms with Gasteiger partial charge in [0.2, 0.25) is 10.8 Å². The van der Waals surface area contributed by atoms with Crippen molar-refractivity contribution in [2.75, 3.05) is 6.61 Å². The van der Waals surface area contributed by atoms with E-state index in [0.717, 1.165) is 16.9 Å². The number of rotatable bonds is 2. The number of furan rings is 1. The van der Waals surface area contributed by atoms with Gasteiger partial charge in [-0.2, -0.15) is 9.50 Å². The van der Waals surface area contributed by atoms with E-state index in [0.29, 0.717) is 27.7 Å². The molecule has 0 amide bonds. The van der Waals surface area contributed by atoms with Crippen LogP contribution >= 0.6 is 11.3 Å². The molecule has 3 aromatic heterocycles. The lowest BCUT2D eigenvalue weighted by Crippen LogP contribution is -2.24. The number of nitrogens with zero attached hydrogens (tertiary/aromatic N) is 3. The van der Waals surface area contributed by atoms with Crippen molar-refractivity contribution in [2.24, 2.45) is 0 Å². The Morgan fingerprint density at radius 3 is 2.96 bits per heavy atom. The van der Waals surface area contributed by atoms with Crippen LogP contribution < -0.4 is 14.8 Å². The lowest BCUT2D eigenvalue weighted by atomic mass is 10.1. The second-order valence-corrected chi connectivity index (χ2v) is 6.58. The van der Waals surface area contributed by atoms with Crippen LogP contribution in [-0.4, -0.2) is 21.2 Å². The average molecular weight is 349 g/mol. The molecule has 122 valence electrons. The molecule has 5 rings (SSSR count). The van der Waals surface area contributed by atoms with Crippen molar-refractivity contribution in [3.63, 3.8) is 0 Å². The summed E-state index contributed by atoms with van der Waals surface area (Å²) in [5.41, 5.74) is 1.75. The first-order chi connectivity index (χ1) is 12.3. The van der Waals surface area contributed by atoms with E-state index in [2.05, 4.69) is 10.1 Å². The molecule has 1 aromatic carbocycles. The number of ether oxygens (including phenoxy) is 1. The minimum absolute atomic E-state index is 0.190. The summed E-state index contributed by atoms with van der Waals surface area (Å²) in [6.45, 7) is 0.432. The van der Waals surface area contributed by atoms with E-state index in [1.165, 1.54) is 15.9 Å². The SMILES string of the molecule is O=c1c(=CC2=Cc3ccccc3OC2)sc2nc(-c3ccco3)nn12. The van der Waals surface area contributed by atoms with Crippen LogP contribution in [0.25, 0.3) is 28.7 Å². The van der Waals surface area contributed by atoms with Crippen LogP contribution in [0, 0.1) is 0 Å². The Kier molecular flexibility index (Phi) is 3.07. The highest BCUT2D eigenvalue weighted by Gasteiger charge is 2.14. The maximum Gasteiger partial charge on any atom is 0.291 e. The van der Waals surface area contributed by atoms with Gasteiger partial charge >= 0.3 is 0 Å². The fourth-order valence-electron chi connectivity index (χ4n) is 2.73. The van der Waals surface area contributed by atoms with E-state index in [9.17, 15) is 4.79 Å². The van der Waals surface area contributed by atoms with Gasteiger partial charge in [0, 0.05) is 5.56 Å². The topological polar surface area (TPSA) is 69.6 Å². The summed E-state index contributed by atoms with van der Waals surface area (Å²) in [6, 6.07) is 11.3. The van der Waals surface area contributed by atoms with E-state index in [1.54, 1.807) is 18.4 Å². The monoisotopic (exact) mass is 349 g/mol. The zero-order valence-electron chi connectivity index (χ0n) is 12.9. The summed E-state index contributed by atoms with van der Waals surface area (Å²) in [5.74, 6) is 1.81. The highest BCUT2D eigenvalue weighted by molar-refractivity contribution is 7.15. The maximum absolute atomic E-state index is 12.6. The third-order valence-corrected chi connectivity index (χ3v) is 4.85. The first-order valence-corrected chi connectivity index (χ1v) is 8.47. The highest BCUT2D eigenvalue weighted by atomic mass is 32.1. The maximum atomic E-state index is 12.6. The minimum atomic E-state index is -0.190. The van der Waals surface area contributed by atoms with Crippen LogP contribution in [0.4, 0.5) is 0 Å². The van der Waals surface area contributed by atoms with Crippen molar-refractivity contribution in [1.29, 1.82) is 0 Å². The molecule has 25 heavy (non-hydrogen) atoms. The standard InChI is InChI=1S/C18H11N3O3S/c22-17-15(9-11-8-12-4-1-2-5-13(12)24-10-11)25-18-19-16(20-21(17)18)14-6-3-7-23-14/h1-9H,10H2. The van der Waals surface area contributed by atoms with Gasteiger partial charge in [-0.3, -0.25) is 4.79 Å². The van der Waals surface area contributed by atoms with E-state index in [-0.39, 0.29) is 5.56 Å². The number of benzene rings is 1. The molecule has 0 fully saturated rings. The first-order valence-electron chi connectivity index (χ1n) is 7.65. The number of aromatic nitrogens is 3. The molecule has 0 spiro atoms. The largest absolute Gasteiger partial charge is 0.488 e. The highest BCUT2D eigenvalue weighted by Crippen LogP contribution is 2.26. The number of fused-ring (bicyclic) bond motifs is 2. The Hall–Kier alpha value is -3.19. The van der Waals surface area contributed by atoms with Crippen molar-refractivity contribution in [3.05, 3.63) is 68.7 Å². The molecule has 0 atom stereocenters. The number of thiazole rings is 1. The van der Waals surface area contributed by atoms with Gasteiger partial charge in [0.25, 0.3) is 5.56 Å². The molecule has 0 saturated heterocycles. The first kappa shape index (κ1) is 14.2. The Bertz CT molecular complexity index is 1220. The summed E-state index contributed by atoms with van der Waals surface area (Å²) in [4.78, 5) is 17.5. The van der Waals surface area contributed by atoms with Gasteiger partial charge in [-0.15, -0.1) is 5.10 Å². The summed E-state index contributed by atoms with van der Waals surface area (Å²) in [7, 11) is 0. The second kappa shape index (κ2) is 5.42.